The molecule has 27 heavy (non-hydrogen) atoms. The standard InChI is InChI=1S/C20H20N4O2S/c25-20-23-22-19(27-20)16-2-1-14-3-6-24(7-4-15(14)10-16)12-13-9-18-17(21-11-13)5-8-26-18/h1-2,9-11H,3-8,12H2,(H,23,25). The number of rotatable bonds is 3. The van der Waals surface area contributed by atoms with Gasteiger partial charge in [0, 0.05) is 37.8 Å². The highest BCUT2D eigenvalue weighted by Gasteiger charge is 2.18. The van der Waals surface area contributed by atoms with Crippen LogP contribution in [0.25, 0.3) is 10.6 Å². The zero-order chi connectivity index (χ0) is 18.2. The second-order valence-corrected chi connectivity index (χ2v) is 8.03. The van der Waals surface area contributed by atoms with Gasteiger partial charge in [0.1, 0.15) is 10.8 Å². The van der Waals surface area contributed by atoms with Crippen molar-refractivity contribution in [3.63, 3.8) is 0 Å². The average molecular weight is 380 g/mol. The van der Waals surface area contributed by atoms with Crippen molar-refractivity contribution in [2.75, 3.05) is 19.7 Å². The minimum atomic E-state index is -0.113. The van der Waals surface area contributed by atoms with E-state index in [9.17, 15) is 4.79 Å². The van der Waals surface area contributed by atoms with Crippen LogP contribution >= 0.6 is 11.3 Å². The fraction of sp³-hybridized carbons (Fsp3) is 0.350. The Hall–Kier alpha value is -2.51. The number of hydrogen-bond donors (Lipinski definition) is 1. The lowest BCUT2D eigenvalue weighted by molar-refractivity contribution is 0.278. The van der Waals surface area contributed by atoms with Crippen molar-refractivity contribution >= 4 is 11.3 Å². The number of H-pyrrole nitrogens is 1. The maximum atomic E-state index is 11.4. The third-order valence-electron chi connectivity index (χ3n) is 5.28. The molecule has 1 N–H and O–H groups in total. The van der Waals surface area contributed by atoms with E-state index >= 15 is 0 Å². The van der Waals surface area contributed by atoms with Crippen molar-refractivity contribution in [1.29, 1.82) is 0 Å². The van der Waals surface area contributed by atoms with E-state index in [-0.39, 0.29) is 4.87 Å². The summed E-state index contributed by atoms with van der Waals surface area (Å²) < 4.78 is 5.65. The third kappa shape index (κ3) is 3.40. The first kappa shape index (κ1) is 16.6. The molecule has 0 fully saturated rings. The number of aromatic nitrogens is 3. The van der Waals surface area contributed by atoms with Crippen molar-refractivity contribution in [2.45, 2.75) is 25.8 Å². The summed E-state index contributed by atoms with van der Waals surface area (Å²) in [5, 5.41) is 7.37. The first-order valence-corrected chi connectivity index (χ1v) is 10.1. The largest absolute Gasteiger partial charge is 0.491 e. The monoisotopic (exact) mass is 380 g/mol. The van der Waals surface area contributed by atoms with Gasteiger partial charge in [-0.1, -0.05) is 23.5 Å². The maximum Gasteiger partial charge on any atom is 0.322 e. The molecular weight excluding hydrogens is 360 g/mol. The van der Waals surface area contributed by atoms with Gasteiger partial charge in [-0.3, -0.25) is 14.7 Å². The van der Waals surface area contributed by atoms with Gasteiger partial charge in [0.2, 0.25) is 0 Å². The summed E-state index contributed by atoms with van der Waals surface area (Å²) in [6.07, 6.45) is 4.93. The SMILES string of the molecule is O=c1[nH]nc(-c2ccc3c(c2)CCN(Cc2cnc4c(c2)OCC4)CC3)s1. The molecule has 1 aromatic carbocycles. The van der Waals surface area contributed by atoms with Crippen LogP contribution in [0.15, 0.2) is 35.3 Å². The number of benzene rings is 1. The molecule has 7 heteroatoms. The first-order valence-electron chi connectivity index (χ1n) is 9.25. The quantitative estimate of drug-likeness (QED) is 0.756. The third-order valence-corrected chi connectivity index (χ3v) is 6.07. The predicted molar refractivity (Wildman–Crippen MR) is 104 cm³/mol. The topological polar surface area (TPSA) is 71.1 Å². The lowest BCUT2D eigenvalue weighted by Crippen LogP contribution is -2.26. The van der Waals surface area contributed by atoms with E-state index in [0.717, 1.165) is 78.9 Å². The summed E-state index contributed by atoms with van der Waals surface area (Å²) >= 11 is 1.16. The van der Waals surface area contributed by atoms with E-state index in [1.165, 1.54) is 16.7 Å². The van der Waals surface area contributed by atoms with Crippen LogP contribution in [0.1, 0.15) is 22.4 Å². The van der Waals surface area contributed by atoms with Crippen molar-refractivity contribution < 1.29 is 4.74 Å². The molecule has 6 nitrogen and oxygen atoms in total. The summed E-state index contributed by atoms with van der Waals surface area (Å²) in [6, 6.07) is 8.59. The van der Waals surface area contributed by atoms with Gasteiger partial charge in [0.25, 0.3) is 0 Å². The molecule has 138 valence electrons. The van der Waals surface area contributed by atoms with Gasteiger partial charge in [-0.15, -0.1) is 0 Å². The summed E-state index contributed by atoms with van der Waals surface area (Å²) in [6.45, 7) is 3.68. The first-order chi connectivity index (χ1) is 13.2. The molecule has 2 aliphatic rings. The molecule has 0 aliphatic carbocycles. The Morgan fingerprint density at radius 1 is 1.15 bits per heavy atom. The van der Waals surface area contributed by atoms with E-state index in [1.54, 1.807) is 0 Å². The van der Waals surface area contributed by atoms with Gasteiger partial charge in [-0.2, -0.15) is 5.10 Å². The molecule has 4 heterocycles. The Morgan fingerprint density at radius 2 is 2.04 bits per heavy atom. The average Bonchev–Trinajstić information content (AvgIpc) is 3.27. The highest BCUT2D eigenvalue weighted by Crippen LogP contribution is 2.27. The second kappa shape index (κ2) is 6.90. The summed E-state index contributed by atoms with van der Waals surface area (Å²) in [4.78, 5) is 18.3. The highest BCUT2D eigenvalue weighted by molar-refractivity contribution is 7.12. The number of pyridine rings is 1. The van der Waals surface area contributed by atoms with Crippen LogP contribution in [0.4, 0.5) is 0 Å². The minimum absolute atomic E-state index is 0.113. The fourth-order valence-electron chi connectivity index (χ4n) is 3.84. The Balaban J connectivity index is 1.31. The normalized spacial score (nSPS) is 16.4. The van der Waals surface area contributed by atoms with Crippen LogP contribution in [0.3, 0.4) is 0 Å². The number of fused-ring (bicyclic) bond motifs is 2. The summed E-state index contributed by atoms with van der Waals surface area (Å²) in [7, 11) is 0. The van der Waals surface area contributed by atoms with Gasteiger partial charge in [0.15, 0.2) is 0 Å². The molecule has 2 aromatic heterocycles. The van der Waals surface area contributed by atoms with E-state index in [0.29, 0.717) is 0 Å². The van der Waals surface area contributed by atoms with E-state index in [4.69, 9.17) is 4.74 Å². The van der Waals surface area contributed by atoms with Crippen LogP contribution in [-0.4, -0.2) is 39.8 Å². The highest BCUT2D eigenvalue weighted by atomic mass is 32.1. The van der Waals surface area contributed by atoms with Crippen LogP contribution in [0, 0.1) is 0 Å². The molecule has 2 aliphatic heterocycles. The van der Waals surface area contributed by atoms with E-state index in [2.05, 4.69) is 44.3 Å². The number of aromatic amines is 1. The van der Waals surface area contributed by atoms with E-state index in [1.807, 2.05) is 6.20 Å². The number of ether oxygens (including phenoxy) is 1. The molecule has 0 atom stereocenters. The lowest BCUT2D eigenvalue weighted by Gasteiger charge is -2.19. The maximum absolute atomic E-state index is 11.4. The lowest BCUT2D eigenvalue weighted by atomic mass is 10.0. The van der Waals surface area contributed by atoms with Crippen molar-refractivity contribution in [1.82, 2.24) is 20.1 Å². The van der Waals surface area contributed by atoms with Crippen LogP contribution in [0.2, 0.25) is 0 Å². The summed E-state index contributed by atoms with van der Waals surface area (Å²) in [5.74, 6) is 0.952. The fourth-order valence-corrected chi connectivity index (χ4v) is 4.45. The van der Waals surface area contributed by atoms with Gasteiger partial charge in [-0.05, 0) is 41.7 Å². The predicted octanol–water partition coefficient (Wildman–Crippen LogP) is 2.43. The minimum Gasteiger partial charge on any atom is -0.491 e. The number of nitrogens with zero attached hydrogens (tertiary/aromatic N) is 3. The molecule has 0 saturated carbocycles. The van der Waals surface area contributed by atoms with Crippen molar-refractivity contribution in [2.24, 2.45) is 0 Å². The van der Waals surface area contributed by atoms with Crippen molar-refractivity contribution in [3.05, 3.63) is 62.5 Å². The molecule has 0 saturated heterocycles. The van der Waals surface area contributed by atoms with Gasteiger partial charge >= 0.3 is 4.87 Å². The Kier molecular flexibility index (Phi) is 4.26. The second-order valence-electron chi connectivity index (χ2n) is 7.06. The Labute approximate surface area is 160 Å². The molecule has 0 amide bonds. The van der Waals surface area contributed by atoms with Crippen LogP contribution in [0.5, 0.6) is 5.75 Å². The molecule has 0 spiro atoms. The van der Waals surface area contributed by atoms with E-state index < -0.39 is 0 Å². The Morgan fingerprint density at radius 3 is 2.89 bits per heavy atom. The van der Waals surface area contributed by atoms with Crippen LogP contribution in [-0.2, 0) is 25.8 Å². The Bertz CT molecular complexity index is 1040. The molecule has 3 aromatic rings. The molecule has 5 rings (SSSR count). The summed E-state index contributed by atoms with van der Waals surface area (Å²) in [5.41, 5.74) is 6.05. The smallest absolute Gasteiger partial charge is 0.322 e. The number of hydrogen-bond acceptors (Lipinski definition) is 6. The molecular formula is C20H20N4O2S. The number of nitrogens with one attached hydrogen (secondary N) is 1. The zero-order valence-corrected chi connectivity index (χ0v) is 15.7. The van der Waals surface area contributed by atoms with Crippen LogP contribution < -0.4 is 9.61 Å². The van der Waals surface area contributed by atoms with Gasteiger partial charge in [0.05, 0.1) is 12.3 Å². The van der Waals surface area contributed by atoms with Gasteiger partial charge < -0.3 is 4.74 Å². The zero-order valence-electron chi connectivity index (χ0n) is 14.9. The molecule has 0 radical (unpaired) electrons. The van der Waals surface area contributed by atoms with Crippen molar-refractivity contribution in [3.8, 4) is 16.3 Å². The molecule has 0 unspecified atom stereocenters. The molecule has 0 bridgehead atoms. The van der Waals surface area contributed by atoms with Gasteiger partial charge in [-0.25, -0.2) is 5.10 Å².